The Morgan fingerprint density at radius 3 is 2.92 bits per heavy atom. The molecular weight excluding hydrogens is 304 g/mol. The average molecular weight is 328 g/mol. The molecule has 5 heteroatoms. The molecule has 2 aliphatic heterocycles. The van der Waals surface area contributed by atoms with Gasteiger partial charge in [0.25, 0.3) is 0 Å². The first-order valence-electron chi connectivity index (χ1n) is 8.71. The molecule has 24 heavy (non-hydrogen) atoms. The molecule has 0 aromatic carbocycles. The summed E-state index contributed by atoms with van der Waals surface area (Å²) in [6.07, 6.45) is 6.17. The van der Waals surface area contributed by atoms with Crippen molar-refractivity contribution in [3.63, 3.8) is 0 Å². The van der Waals surface area contributed by atoms with Gasteiger partial charge in [0.1, 0.15) is 17.6 Å². The SMILES string of the molecule is Cc1ccc(CN2C[C@@H](OCc3ccncc3)[C@@H]3OCCC[C@@H]32)o1. The van der Waals surface area contributed by atoms with E-state index in [0.717, 1.165) is 43.2 Å². The van der Waals surface area contributed by atoms with Crippen LogP contribution in [0.15, 0.2) is 41.1 Å². The molecule has 0 spiro atoms. The molecule has 2 aromatic rings. The van der Waals surface area contributed by atoms with E-state index in [0.29, 0.717) is 12.6 Å². The first kappa shape index (κ1) is 15.8. The Morgan fingerprint density at radius 1 is 1.25 bits per heavy atom. The molecule has 3 atom stereocenters. The molecule has 5 nitrogen and oxygen atoms in total. The maximum atomic E-state index is 6.21. The molecule has 0 unspecified atom stereocenters. The van der Waals surface area contributed by atoms with Crippen molar-refractivity contribution < 1.29 is 13.9 Å². The molecule has 2 fully saturated rings. The van der Waals surface area contributed by atoms with Gasteiger partial charge in [-0.05, 0) is 49.6 Å². The Labute approximate surface area is 142 Å². The Morgan fingerprint density at radius 2 is 2.12 bits per heavy atom. The largest absolute Gasteiger partial charge is 0.465 e. The standard InChI is InChI=1S/C19H24N2O3/c1-14-4-5-16(24-14)11-21-12-18(19-17(21)3-2-10-22-19)23-13-15-6-8-20-9-7-15/h4-9,17-19H,2-3,10-13H2,1H3/t17-,18+,19+/m0/s1. The lowest BCUT2D eigenvalue weighted by Gasteiger charge is -2.32. The van der Waals surface area contributed by atoms with Crippen molar-refractivity contribution in [3.05, 3.63) is 53.7 Å². The number of aryl methyl sites for hydroxylation is 1. The lowest BCUT2D eigenvalue weighted by Crippen LogP contribution is -2.41. The first-order chi connectivity index (χ1) is 11.8. The summed E-state index contributed by atoms with van der Waals surface area (Å²) in [5, 5.41) is 0. The summed E-state index contributed by atoms with van der Waals surface area (Å²) < 4.78 is 18.0. The number of pyridine rings is 1. The van der Waals surface area contributed by atoms with Crippen LogP contribution in [-0.2, 0) is 22.6 Å². The normalized spacial score (nSPS) is 27.3. The fourth-order valence-corrected chi connectivity index (χ4v) is 3.78. The molecule has 2 aromatic heterocycles. The zero-order valence-corrected chi connectivity index (χ0v) is 14.1. The number of rotatable bonds is 5. The second-order valence-electron chi connectivity index (χ2n) is 6.69. The van der Waals surface area contributed by atoms with Gasteiger partial charge in [-0.3, -0.25) is 9.88 Å². The third-order valence-corrected chi connectivity index (χ3v) is 4.95. The quantitative estimate of drug-likeness (QED) is 0.844. The summed E-state index contributed by atoms with van der Waals surface area (Å²) in [6, 6.07) is 8.51. The summed E-state index contributed by atoms with van der Waals surface area (Å²) in [5.41, 5.74) is 1.15. The van der Waals surface area contributed by atoms with Crippen LogP contribution < -0.4 is 0 Å². The Balaban J connectivity index is 1.42. The summed E-state index contributed by atoms with van der Waals surface area (Å²) >= 11 is 0. The van der Waals surface area contributed by atoms with Crippen LogP contribution in [0.1, 0.15) is 29.9 Å². The predicted octanol–water partition coefficient (Wildman–Crippen LogP) is 2.93. The van der Waals surface area contributed by atoms with E-state index < -0.39 is 0 Å². The van der Waals surface area contributed by atoms with E-state index in [1.54, 1.807) is 12.4 Å². The highest BCUT2D eigenvalue weighted by Gasteiger charge is 2.44. The van der Waals surface area contributed by atoms with Crippen LogP contribution in [0, 0.1) is 6.92 Å². The summed E-state index contributed by atoms with van der Waals surface area (Å²) in [6.45, 7) is 5.14. The first-order valence-corrected chi connectivity index (χ1v) is 8.71. The Bertz CT molecular complexity index is 658. The number of nitrogens with zero attached hydrogens (tertiary/aromatic N) is 2. The highest BCUT2D eigenvalue weighted by Crippen LogP contribution is 2.32. The second-order valence-corrected chi connectivity index (χ2v) is 6.69. The predicted molar refractivity (Wildman–Crippen MR) is 89.4 cm³/mol. The van der Waals surface area contributed by atoms with Crippen LogP contribution in [0.2, 0.25) is 0 Å². The Kier molecular flexibility index (Phi) is 4.65. The van der Waals surface area contributed by atoms with E-state index in [2.05, 4.69) is 16.0 Å². The molecule has 4 rings (SSSR count). The van der Waals surface area contributed by atoms with Crippen LogP contribution >= 0.6 is 0 Å². The van der Waals surface area contributed by atoms with Crippen LogP contribution in [-0.4, -0.2) is 41.3 Å². The third-order valence-electron chi connectivity index (χ3n) is 4.95. The minimum atomic E-state index is 0.111. The zero-order chi connectivity index (χ0) is 16.4. The van der Waals surface area contributed by atoms with Gasteiger partial charge in [-0.1, -0.05) is 0 Å². The van der Waals surface area contributed by atoms with Crippen LogP contribution in [0.3, 0.4) is 0 Å². The number of fused-ring (bicyclic) bond motifs is 1. The fraction of sp³-hybridized carbons (Fsp3) is 0.526. The topological polar surface area (TPSA) is 47.7 Å². The van der Waals surface area contributed by atoms with Crippen molar-refractivity contribution in [1.29, 1.82) is 0 Å². The molecule has 0 aliphatic carbocycles. The number of ether oxygens (including phenoxy) is 2. The van der Waals surface area contributed by atoms with Gasteiger partial charge < -0.3 is 13.9 Å². The van der Waals surface area contributed by atoms with E-state index in [-0.39, 0.29) is 12.2 Å². The number of hydrogen-bond acceptors (Lipinski definition) is 5. The number of hydrogen-bond donors (Lipinski definition) is 0. The minimum Gasteiger partial charge on any atom is -0.465 e. The van der Waals surface area contributed by atoms with Gasteiger partial charge in [-0.2, -0.15) is 0 Å². The maximum absolute atomic E-state index is 6.21. The van der Waals surface area contributed by atoms with E-state index >= 15 is 0 Å². The number of aromatic nitrogens is 1. The van der Waals surface area contributed by atoms with Gasteiger partial charge in [-0.25, -0.2) is 0 Å². The molecule has 0 radical (unpaired) electrons. The smallest absolute Gasteiger partial charge is 0.118 e. The van der Waals surface area contributed by atoms with Crippen molar-refractivity contribution in [3.8, 4) is 0 Å². The van der Waals surface area contributed by atoms with Crippen LogP contribution in [0.25, 0.3) is 0 Å². The molecule has 2 aliphatic rings. The van der Waals surface area contributed by atoms with Gasteiger partial charge in [0, 0.05) is 31.6 Å². The molecule has 0 saturated carbocycles. The van der Waals surface area contributed by atoms with Crippen LogP contribution in [0.4, 0.5) is 0 Å². The van der Waals surface area contributed by atoms with Crippen molar-refractivity contribution in [2.45, 2.75) is 51.2 Å². The maximum Gasteiger partial charge on any atom is 0.118 e. The van der Waals surface area contributed by atoms with Gasteiger partial charge in [0.05, 0.1) is 19.3 Å². The highest BCUT2D eigenvalue weighted by atomic mass is 16.5. The molecule has 128 valence electrons. The van der Waals surface area contributed by atoms with E-state index in [1.165, 1.54) is 6.42 Å². The second kappa shape index (κ2) is 7.05. The van der Waals surface area contributed by atoms with Crippen molar-refractivity contribution in [2.75, 3.05) is 13.2 Å². The molecule has 0 amide bonds. The molecular formula is C19H24N2O3. The third kappa shape index (κ3) is 3.38. The summed E-state index contributed by atoms with van der Waals surface area (Å²) in [7, 11) is 0. The lowest BCUT2D eigenvalue weighted by atomic mass is 10.0. The summed E-state index contributed by atoms with van der Waals surface area (Å²) in [4.78, 5) is 6.51. The summed E-state index contributed by atoms with van der Waals surface area (Å²) in [5.74, 6) is 1.98. The lowest BCUT2D eigenvalue weighted by molar-refractivity contribution is -0.0820. The monoisotopic (exact) mass is 328 g/mol. The van der Waals surface area contributed by atoms with E-state index in [9.17, 15) is 0 Å². The van der Waals surface area contributed by atoms with Crippen molar-refractivity contribution >= 4 is 0 Å². The highest BCUT2D eigenvalue weighted by molar-refractivity contribution is 5.09. The Hall–Kier alpha value is -1.69. The van der Waals surface area contributed by atoms with Gasteiger partial charge in [-0.15, -0.1) is 0 Å². The number of likely N-dealkylation sites (tertiary alicyclic amines) is 1. The van der Waals surface area contributed by atoms with E-state index in [4.69, 9.17) is 13.9 Å². The zero-order valence-electron chi connectivity index (χ0n) is 14.1. The average Bonchev–Trinajstić information content (AvgIpc) is 3.18. The molecule has 2 saturated heterocycles. The van der Waals surface area contributed by atoms with Gasteiger partial charge >= 0.3 is 0 Å². The van der Waals surface area contributed by atoms with E-state index in [1.807, 2.05) is 25.1 Å². The number of furan rings is 1. The van der Waals surface area contributed by atoms with Crippen molar-refractivity contribution in [2.24, 2.45) is 0 Å². The fourth-order valence-electron chi connectivity index (χ4n) is 3.78. The van der Waals surface area contributed by atoms with Gasteiger partial charge in [0.15, 0.2) is 0 Å². The van der Waals surface area contributed by atoms with Crippen molar-refractivity contribution in [1.82, 2.24) is 9.88 Å². The van der Waals surface area contributed by atoms with Crippen LogP contribution in [0.5, 0.6) is 0 Å². The minimum absolute atomic E-state index is 0.111. The molecule has 0 N–H and O–H groups in total. The molecule has 0 bridgehead atoms. The van der Waals surface area contributed by atoms with Gasteiger partial charge in [0.2, 0.25) is 0 Å². The molecule has 4 heterocycles.